The molecule has 126 valence electrons. The first-order chi connectivity index (χ1) is 10.9. The summed E-state index contributed by atoms with van der Waals surface area (Å²) in [5, 5.41) is 3.86. The molecule has 2 rings (SSSR count). The Morgan fingerprint density at radius 3 is 2.39 bits per heavy atom. The predicted molar refractivity (Wildman–Crippen MR) is 88.5 cm³/mol. The molecule has 0 spiro atoms. The fourth-order valence-electron chi connectivity index (χ4n) is 2.80. The molecule has 0 aliphatic heterocycles. The zero-order valence-electron chi connectivity index (χ0n) is 14.0. The number of nitrogens with zero attached hydrogens (tertiary/aromatic N) is 3. The van der Waals surface area contributed by atoms with E-state index in [1.165, 1.54) is 0 Å². The van der Waals surface area contributed by atoms with E-state index in [0.29, 0.717) is 30.8 Å². The third-order valence-corrected chi connectivity index (χ3v) is 7.33. The van der Waals surface area contributed by atoms with Crippen LogP contribution in [-0.2, 0) is 15.6 Å². The topological polar surface area (TPSA) is 86.0 Å². The Morgan fingerprint density at radius 2 is 1.83 bits per heavy atom. The van der Waals surface area contributed by atoms with E-state index in [0.717, 1.165) is 5.56 Å². The molecule has 0 atom stereocenters. The molecule has 6 nitrogen and oxygen atoms in total. The van der Waals surface area contributed by atoms with Gasteiger partial charge >= 0.3 is 0 Å². The van der Waals surface area contributed by atoms with Crippen LogP contribution in [-0.4, -0.2) is 28.3 Å². The first-order valence-corrected chi connectivity index (χ1v) is 9.50. The lowest BCUT2D eigenvalue weighted by Crippen LogP contribution is -2.37. The van der Waals surface area contributed by atoms with Crippen LogP contribution in [0.4, 0.5) is 0 Å². The van der Waals surface area contributed by atoms with Gasteiger partial charge in [-0.15, -0.1) is 0 Å². The van der Waals surface area contributed by atoms with Gasteiger partial charge < -0.3 is 4.52 Å². The highest BCUT2D eigenvalue weighted by Crippen LogP contribution is 2.32. The molecule has 0 aliphatic carbocycles. The molecule has 0 aliphatic rings. The predicted octanol–water partition coefficient (Wildman–Crippen LogP) is 3.32. The van der Waals surface area contributed by atoms with Gasteiger partial charge in [0.05, 0.1) is 4.75 Å². The molecular weight excluding hydrogens is 314 g/mol. The summed E-state index contributed by atoms with van der Waals surface area (Å²) in [6.45, 7) is 7.65. The van der Waals surface area contributed by atoms with Gasteiger partial charge in [0.25, 0.3) is 0 Å². The third-order valence-electron chi connectivity index (χ3n) is 4.52. The van der Waals surface area contributed by atoms with Gasteiger partial charge in [0.15, 0.2) is 9.84 Å². The molecule has 0 saturated carbocycles. The number of rotatable bonds is 7. The average molecular weight is 337 g/mol. The number of hydrogen-bond acceptors (Lipinski definition) is 6. The number of hydrogen-bond donors (Lipinski definition) is 0. The van der Waals surface area contributed by atoms with Crippen molar-refractivity contribution in [3.8, 4) is 11.5 Å². The Labute approximate surface area is 137 Å². The van der Waals surface area contributed by atoms with Crippen LogP contribution in [0.15, 0.2) is 22.9 Å². The first-order valence-electron chi connectivity index (χ1n) is 7.85. The number of pyridine rings is 1. The van der Waals surface area contributed by atoms with Crippen molar-refractivity contribution in [2.75, 3.05) is 0 Å². The Balaban J connectivity index is 2.28. The molecule has 0 radical (unpaired) electrons. The lowest BCUT2D eigenvalue weighted by atomic mass is 9.99. The SMILES string of the molecule is CCC(CC)(CC)S(=O)(=O)Cc1nc(-c2cc(C)ccn2)no1. The normalized spacial score (nSPS) is 12.5. The lowest BCUT2D eigenvalue weighted by molar-refractivity contribution is 0.385. The fourth-order valence-corrected chi connectivity index (χ4v) is 4.87. The Hall–Kier alpha value is -1.76. The van der Waals surface area contributed by atoms with E-state index in [-0.39, 0.29) is 11.6 Å². The third kappa shape index (κ3) is 3.44. The highest BCUT2D eigenvalue weighted by atomic mass is 32.2. The maximum atomic E-state index is 12.8. The van der Waals surface area contributed by atoms with Gasteiger partial charge in [-0.3, -0.25) is 4.98 Å². The van der Waals surface area contributed by atoms with Gasteiger partial charge in [-0.05, 0) is 43.9 Å². The summed E-state index contributed by atoms with van der Waals surface area (Å²) < 4.78 is 30.0. The van der Waals surface area contributed by atoms with Crippen molar-refractivity contribution in [3.05, 3.63) is 29.8 Å². The van der Waals surface area contributed by atoms with Crippen molar-refractivity contribution in [2.45, 2.75) is 57.5 Å². The van der Waals surface area contributed by atoms with E-state index in [9.17, 15) is 8.42 Å². The van der Waals surface area contributed by atoms with E-state index in [1.54, 1.807) is 6.20 Å². The molecule has 0 fully saturated rings. The minimum Gasteiger partial charge on any atom is -0.338 e. The van der Waals surface area contributed by atoms with Crippen LogP contribution < -0.4 is 0 Å². The smallest absolute Gasteiger partial charge is 0.242 e. The Kier molecular flexibility index (Phi) is 5.19. The quantitative estimate of drug-likeness (QED) is 0.770. The maximum absolute atomic E-state index is 12.8. The molecule has 0 aromatic carbocycles. The van der Waals surface area contributed by atoms with Crippen LogP contribution in [0.2, 0.25) is 0 Å². The number of aryl methyl sites for hydroxylation is 1. The molecule has 2 aromatic rings. The van der Waals surface area contributed by atoms with E-state index in [1.807, 2.05) is 39.8 Å². The summed E-state index contributed by atoms with van der Waals surface area (Å²) in [6, 6.07) is 3.70. The molecule has 0 saturated heterocycles. The lowest BCUT2D eigenvalue weighted by Gasteiger charge is -2.29. The molecule has 23 heavy (non-hydrogen) atoms. The van der Waals surface area contributed by atoms with Crippen molar-refractivity contribution in [1.29, 1.82) is 0 Å². The summed E-state index contributed by atoms with van der Waals surface area (Å²) in [7, 11) is -3.38. The van der Waals surface area contributed by atoms with Crippen molar-refractivity contribution < 1.29 is 12.9 Å². The van der Waals surface area contributed by atoms with Gasteiger partial charge in [-0.2, -0.15) is 4.98 Å². The molecule has 7 heteroatoms. The standard InChI is InChI=1S/C16H23N3O3S/c1-5-16(6-2,7-3)23(20,21)11-14-18-15(19-22-14)13-10-12(4)8-9-17-13/h8-10H,5-7,11H2,1-4H3. The summed E-state index contributed by atoms with van der Waals surface area (Å²) in [4.78, 5) is 8.39. The Bertz CT molecular complexity index is 756. The van der Waals surface area contributed by atoms with E-state index in [4.69, 9.17) is 4.52 Å². The molecule has 2 aromatic heterocycles. The number of aromatic nitrogens is 3. The molecule has 0 amide bonds. The highest BCUT2D eigenvalue weighted by molar-refractivity contribution is 7.92. The second kappa shape index (κ2) is 6.78. The molecular formula is C16H23N3O3S. The van der Waals surface area contributed by atoms with Gasteiger partial charge in [0.1, 0.15) is 11.4 Å². The average Bonchev–Trinajstić information content (AvgIpc) is 2.97. The van der Waals surface area contributed by atoms with Crippen molar-refractivity contribution in [3.63, 3.8) is 0 Å². The van der Waals surface area contributed by atoms with Crippen LogP contribution in [0.5, 0.6) is 0 Å². The van der Waals surface area contributed by atoms with E-state index in [2.05, 4.69) is 15.1 Å². The van der Waals surface area contributed by atoms with Gasteiger partial charge in [0.2, 0.25) is 11.7 Å². The van der Waals surface area contributed by atoms with Gasteiger partial charge in [-0.1, -0.05) is 25.9 Å². The molecule has 0 unspecified atom stereocenters. The van der Waals surface area contributed by atoms with Gasteiger partial charge in [-0.25, -0.2) is 8.42 Å². The monoisotopic (exact) mass is 337 g/mol. The van der Waals surface area contributed by atoms with Crippen LogP contribution in [0.25, 0.3) is 11.5 Å². The second-order valence-corrected chi connectivity index (χ2v) is 8.12. The van der Waals surface area contributed by atoms with E-state index >= 15 is 0 Å². The first kappa shape index (κ1) is 17.6. The van der Waals surface area contributed by atoms with Crippen LogP contribution in [0.3, 0.4) is 0 Å². The number of sulfone groups is 1. The maximum Gasteiger partial charge on any atom is 0.242 e. The van der Waals surface area contributed by atoms with Crippen LogP contribution in [0, 0.1) is 6.92 Å². The minimum absolute atomic E-state index is 0.114. The van der Waals surface area contributed by atoms with Crippen molar-refractivity contribution in [1.82, 2.24) is 15.1 Å². The fraction of sp³-hybridized carbons (Fsp3) is 0.562. The van der Waals surface area contributed by atoms with Crippen molar-refractivity contribution >= 4 is 9.84 Å². The molecule has 0 bridgehead atoms. The zero-order valence-corrected chi connectivity index (χ0v) is 14.9. The van der Waals surface area contributed by atoms with Gasteiger partial charge in [0, 0.05) is 6.20 Å². The molecule has 2 heterocycles. The summed E-state index contributed by atoms with van der Waals surface area (Å²) >= 11 is 0. The molecule has 0 N–H and O–H groups in total. The zero-order chi connectivity index (χ0) is 17.1. The Morgan fingerprint density at radius 1 is 1.17 bits per heavy atom. The summed E-state index contributed by atoms with van der Waals surface area (Å²) in [5.74, 6) is 0.193. The highest BCUT2D eigenvalue weighted by Gasteiger charge is 2.40. The second-order valence-electron chi connectivity index (χ2n) is 5.73. The van der Waals surface area contributed by atoms with Crippen LogP contribution >= 0.6 is 0 Å². The van der Waals surface area contributed by atoms with Crippen LogP contribution in [0.1, 0.15) is 51.5 Å². The van der Waals surface area contributed by atoms with Crippen molar-refractivity contribution in [2.24, 2.45) is 0 Å². The minimum atomic E-state index is -3.38. The van der Waals surface area contributed by atoms with E-state index < -0.39 is 14.6 Å². The summed E-state index contributed by atoms with van der Waals surface area (Å²) in [6.07, 6.45) is 3.38. The summed E-state index contributed by atoms with van der Waals surface area (Å²) in [5.41, 5.74) is 1.60. The largest absolute Gasteiger partial charge is 0.338 e.